The Morgan fingerprint density at radius 3 is 2.94 bits per heavy atom. The molecule has 0 aromatic carbocycles. The molecular weight excluding hydrogens is 206 g/mol. The summed E-state index contributed by atoms with van der Waals surface area (Å²) >= 11 is 0. The van der Waals surface area contributed by atoms with Gasteiger partial charge in [-0.15, -0.1) is 0 Å². The zero-order valence-electron chi connectivity index (χ0n) is 10.3. The molecule has 0 saturated carbocycles. The van der Waals surface area contributed by atoms with Crippen molar-refractivity contribution in [3.05, 3.63) is 0 Å². The molecule has 0 bridgehead atoms. The highest BCUT2D eigenvalue weighted by Crippen LogP contribution is 2.16. The molecule has 0 amide bonds. The van der Waals surface area contributed by atoms with Crippen LogP contribution >= 0.6 is 0 Å². The smallest absolute Gasteiger partial charge is 0.303 e. The van der Waals surface area contributed by atoms with Crippen LogP contribution in [0.5, 0.6) is 0 Å². The summed E-state index contributed by atoms with van der Waals surface area (Å²) in [6.45, 7) is 7.82. The first kappa shape index (κ1) is 13.5. The number of nitrogens with zero attached hydrogens (tertiary/aromatic N) is 1. The molecule has 1 N–H and O–H groups in total. The number of hydrogen-bond acceptors (Lipinski definition) is 3. The van der Waals surface area contributed by atoms with E-state index in [-0.39, 0.29) is 6.42 Å². The second kappa shape index (κ2) is 6.86. The quantitative estimate of drug-likeness (QED) is 0.751. The first-order chi connectivity index (χ1) is 7.59. The van der Waals surface area contributed by atoms with E-state index in [1.54, 1.807) is 0 Å². The van der Waals surface area contributed by atoms with Crippen molar-refractivity contribution in [1.82, 2.24) is 4.90 Å². The van der Waals surface area contributed by atoms with E-state index >= 15 is 0 Å². The van der Waals surface area contributed by atoms with Crippen LogP contribution in [0.4, 0.5) is 0 Å². The second-order valence-corrected chi connectivity index (χ2v) is 4.89. The maximum Gasteiger partial charge on any atom is 0.303 e. The standard InChI is InChI=1S/C12H23NO3/c1-10(2)8-11-9-16-7-6-13(11)5-3-4-12(14)15/h10-11H,3-9H2,1-2H3,(H,14,15). The van der Waals surface area contributed by atoms with Gasteiger partial charge >= 0.3 is 5.97 Å². The van der Waals surface area contributed by atoms with Crippen LogP contribution < -0.4 is 0 Å². The molecule has 1 aliphatic heterocycles. The van der Waals surface area contributed by atoms with Crippen molar-refractivity contribution in [1.29, 1.82) is 0 Å². The average Bonchev–Trinajstić information content (AvgIpc) is 2.19. The van der Waals surface area contributed by atoms with E-state index in [0.29, 0.717) is 12.0 Å². The summed E-state index contributed by atoms with van der Waals surface area (Å²) < 4.78 is 5.48. The van der Waals surface area contributed by atoms with Gasteiger partial charge in [-0.3, -0.25) is 9.69 Å². The normalized spacial score (nSPS) is 22.6. The van der Waals surface area contributed by atoms with Crippen LogP contribution in [0, 0.1) is 5.92 Å². The van der Waals surface area contributed by atoms with Crippen LogP contribution in [-0.2, 0) is 9.53 Å². The summed E-state index contributed by atoms with van der Waals surface area (Å²) in [5.74, 6) is -0.0395. The predicted octanol–water partition coefficient (Wildman–Crippen LogP) is 1.60. The zero-order valence-corrected chi connectivity index (χ0v) is 10.3. The van der Waals surface area contributed by atoms with E-state index in [2.05, 4.69) is 18.7 Å². The lowest BCUT2D eigenvalue weighted by atomic mass is 10.0. The second-order valence-electron chi connectivity index (χ2n) is 4.89. The van der Waals surface area contributed by atoms with Gasteiger partial charge < -0.3 is 9.84 Å². The van der Waals surface area contributed by atoms with Gasteiger partial charge in [-0.1, -0.05) is 13.8 Å². The number of rotatable bonds is 6. The Bertz CT molecular complexity index is 218. The van der Waals surface area contributed by atoms with Crippen LogP contribution in [0.15, 0.2) is 0 Å². The minimum Gasteiger partial charge on any atom is -0.481 e. The molecule has 0 aromatic rings. The topological polar surface area (TPSA) is 49.8 Å². The summed E-state index contributed by atoms with van der Waals surface area (Å²) in [4.78, 5) is 12.8. The van der Waals surface area contributed by atoms with E-state index in [0.717, 1.165) is 39.1 Å². The summed E-state index contributed by atoms with van der Waals surface area (Å²) in [5, 5.41) is 8.61. The molecule has 94 valence electrons. The maximum absolute atomic E-state index is 10.5. The lowest BCUT2D eigenvalue weighted by Crippen LogP contribution is -2.46. The summed E-state index contributed by atoms with van der Waals surface area (Å²) in [7, 11) is 0. The van der Waals surface area contributed by atoms with Crippen molar-refractivity contribution in [2.45, 2.75) is 39.2 Å². The van der Waals surface area contributed by atoms with Gasteiger partial charge in [0.15, 0.2) is 0 Å². The maximum atomic E-state index is 10.5. The number of carbonyl (C=O) groups is 1. The molecule has 0 aromatic heterocycles. The summed E-state index contributed by atoms with van der Waals surface area (Å²) in [6.07, 6.45) is 2.14. The largest absolute Gasteiger partial charge is 0.481 e. The molecular formula is C12H23NO3. The fourth-order valence-electron chi connectivity index (χ4n) is 2.18. The van der Waals surface area contributed by atoms with Gasteiger partial charge in [0.05, 0.1) is 13.2 Å². The van der Waals surface area contributed by atoms with Crippen LogP contribution in [0.2, 0.25) is 0 Å². The van der Waals surface area contributed by atoms with E-state index < -0.39 is 5.97 Å². The van der Waals surface area contributed by atoms with Gasteiger partial charge in [0, 0.05) is 19.0 Å². The number of aliphatic carboxylic acids is 1. The molecule has 0 aliphatic carbocycles. The van der Waals surface area contributed by atoms with Crippen molar-refractivity contribution in [2.75, 3.05) is 26.3 Å². The minimum absolute atomic E-state index is 0.270. The van der Waals surface area contributed by atoms with Crippen molar-refractivity contribution in [3.8, 4) is 0 Å². The van der Waals surface area contributed by atoms with Crippen LogP contribution in [-0.4, -0.2) is 48.3 Å². The number of morpholine rings is 1. The lowest BCUT2D eigenvalue weighted by Gasteiger charge is -2.36. The molecule has 1 aliphatic rings. The molecule has 1 rings (SSSR count). The molecule has 4 nitrogen and oxygen atoms in total. The molecule has 0 spiro atoms. The number of carboxylic acids is 1. The molecule has 1 saturated heterocycles. The molecule has 1 atom stereocenters. The Kier molecular flexibility index (Phi) is 5.77. The highest BCUT2D eigenvalue weighted by molar-refractivity contribution is 5.66. The molecule has 0 radical (unpaired) electrons. The van der Waals surface area contributed by atoms with Gasteiger partial charge in [-0.25, -0.2) is 0 Å². The highest BCUT2D eigenvalue weighted by atomic mass is 16.5. The van der Waals surface area contributed by atoms with Crippen molar-refractivity contribution < 1.29 is 14.6 Å². The SMILES string of the molecule is CC(C)CC1COCCN1CCCC(=O)O. The summed E-state index contributed by atoms with van der Waals surface area (Å²) in [6, 6.07) is 0.475. The number of hydrogen-bond donors (Lipinski definition) is 1. The third kappa shape index (κ3) is 4.94. The predicted molar refractivity (Wildman–Crippen MR) is 62.5 cm³/mol. The first-order valence-corrected chi connectivity index (χ1v) is 6.13. The monoisotopic (exact) mass is 229 g/mol. The Morgan fingerprint density at radius 2 is 2.31 bits per heavy atom. The Balaban J connectivity index is 2.31. The molecule has 1 fully saturated rings. The van der Waals surface area contributed by atoms with E-state index in [4.69, 9.17) is 9.84 Å². The van der Waals surface area contributed by atoms with Crippen molar-refractivity contribution in [3.63, 3.8) is 0 Å². The van der Waals surface area contributed by atoms with E-state index in [1.165, 1.54) is 0 Å². The Hall–Kier alpha value is -0.610. The van der Waals surface area contributed by atoms with Gasteiger partial charge in [-0.2, -0.15) is 0 Å². The van der Waals surface area contributed by atoms with E-state index in [9.17, 15) is 4.79 Å². The van der Waals surface area contributed by atoms with Gasteiger partial charge in [0.1, 0.15) is 0 Å². The molecule has 1 heterocycles. The lowest BCUT2D eigenvalue weighted by molar-refractivity contribution is -0.137. The minimum atomic E-state index is -0.700. The van der Waals surface area contributed by atoms with Crippen LogP contribution in [0.3, 0.4) is 0 Å². The Morgan fingerprint density at radius 1 is 1.56 bits per heavy atom. The van der Waals surface area contributed by atoms with Crippen LogP contribution in [0.1, 0.15) is 33.1 Å². The van der Waals surface area contributed by atoms with Gasteiger partial charge in [0.2, 0.25) is 0 Å². The number of ether oxygens (including phenoxy) is 1. The Labute approximate surface area is 97.6 Å². The average molecular weight is 229 g/mol. The van der Waals surface area contributed by atoms with Crippen molar-refractivity contribution in [2.24, 2.45) is 5.92 Å². The fourth-order valence-corrected chi connectivity index (χ4v) is 2.18. The molecule has 4 heteroatoms. The third-order valence-corrected chi connectivity index (χ3v) is 2.93. The zero-order chi connectivity index (χ0) is 12.0. The highest BCUT2D eigenvalue weighted by Gasteiger charge is 2.23. The molecule has 16 heavy (non-hydrogen) atoms. The number of carboxylic acid groups (broad SMARTS) is 1. The third-order valence-electron chi connectivity index (χ3n) is 2.93. The first-order valence-electron chi connectivity index (χ1n) is 6.13. The summed E-state index contributed by atoms with van der Waals surface area (Å²) in [5.41, 5.74) is 0. The van der Waals surface area contributed by atoms with E-state index in [1.807, 2.05) is 0 Å². The molecule has 1 unspecified atom stereocenters. The van der Waals surface area contributed by atoms with Gasteiger partial charge in [0.25, 0.3) is 0 Å². The van der Waals surface area contributed by atoms with Crippen LogP contribution in [0.25, 0.3) is 0 Å². The van der Waals surface area contributed by atoms with Gasteiger partial charge in [-0.05, 0) is 25.3 Å². The van der Waals surface area contributed by atoms with Crippen molar-refractivity contribution >= 4 is 5.97 Å². The fraction of sp³-hybridized carbons (Fsp3) is 0.917.